The van der Waals surface area contributed by atoms with E-state index in [0.717, 1.165) is 44.1 Å². The lowest BCUT2D eigenvalue weighted by Crippen LogP contribution is -2.26. The molecular weight excluding hydrogens is 258 g/mol. The van der Waals surface area contributed by atoms with Crippen LogP contribution in [0.25, 0.3) is 0 Å². The van der Waals surface area contributed by atoms with Crippen LogP contribution in [0.4, 0.5) is 0 Å². The fraction of sp³-hybridized carbons (Fsp3) is 0.571. The third-order valence-electron chi connectivity index (χ3n) is 3.67. The molecule has 0 N–H and O–H groups in total. The van der Waals surface area contributed by atoms with Crippen LogP contribution in [0.5, 0.6) is 0 Å². The summed E-state index contributed by atoms with van der Waals surface area (Å²) in [6.07, 6.45) is 4.31. The van der Waals surface area contributed by atoms with Crippen LogP contribution in [0.15, 0.2) is 22.0 Å². The van der Waals surface area contributed by atoms with E-state index in [1.807, 2.05) is 18.3 Å². The Morgan fingerprint density at radius 2 is 2.47 bits per heavy atom. The minimum atomic E-state index is 0.351. The lowest BCUT2D eigenvalue weighted by atomic mass is 10.2. The first kappa shape index (κ1) is 12.8. The van der Waals surface area contributed by atoms with Gasteiger partial charge >= 0.3 is 0 Å². The third kappa shape index (κ3) is 2.87. The molecule has 1 saturated heterocycles. The van der Waals surface area contributed by atoms with E-state index in [9.17, 15) is 0 Å². The van der Waals surface area contributed by atoms with E-state index in [0.29, 0.717) is 6.04 Å². The maximum atomic E-state index is 5.24. The average molecular weight is 277 g/mol. The largest absolute Gasteiger partial charge is 0.339 e. The van der Waals surface area contributed by atoms with Crippen molar-refractivity contribution in [2.45, 2.75) is 38.6 Å². The van der Waals surface area contributed by atoms with E-state index in [1.54, 1.807) is 0 Å². The number of thiophene rings is 1. The van der Waals surface area contributed by atoms with Gasteiger partial charge < -0.3 is 4.52 Å². The monoisotopic (exact) mass is 277 g/mol. The summed E-state index contributed by atoms with van der Waals surface area (Å²) < 4.78 is 5.24. The Kier molecular flexibility index (Phi) is 3.94. The van der Waals surface area contributed by atoms with Crippen molar-refractivity contribution in [3.63, 3.8) is 0 Å². The summed E-state index contributed by atoms with van der Waals surface area (Å²) in [5.41, 5.74) is 0. The van der Waals surface area contributed by atoms with E-state index in [-0.39, 0.29) is 0 Å². The molecule has 2 aromatic rings. The first-order valence-corrected chi connectivity index (χ1v) is 7.83. The highest BCUT2D eigenvalue weighted by Gasteiger charge is 2.29. The summed E-state index contributed by atoms with van der Waals surface area (Å²) in [4.78, 5) is 8.43. The average Bonchev–Trinajstić information content (AvgIpc) is 3.16. The Balaban J connectivity index is 1.64. The van der Waals surface area contributed by atoms with Gasteiger partial charge in [0, 0.05) is 17.8 Å². The van der Waals surface area contributed by atoms with Crippen LogP contribution in [0.1, 0.15) is 42.4 Å². The molecule has 5 heteroatoms. The second kappa shape index (κ2) is 5.84. The zero-order valence-corrected chi connectivity index (χ0v) is 12.0. The Morgan fingerprint density at radius 3 is 3.21 bits per heavy atom. The molecule has 0 radical (unpaired) electrons. The molecule has 0 unspecified atom stereocenters. The van der Waals surface area contributed by atoms with E-state index >= 15 is 0 Å². The first-order valence-electron chi connectivity index (χ1n) is 6.95. The van der Waals surface area contributed by atoms with Crippen LogP contribution in [-0.4, -0.2) is 28.1 Å². The fourth-order valence-electron chi connectivity index (χ4n) is 2.64. The third-order valence-corrected chi connectivity index (χ3v) is 4.61. The first-order chi connectivity index (χ1) is 9.36. The normalized spacial score (nSPS) is 20.2. The van der Waals surface area contributed by atoms with Crippen molar-refractivity contribution in [2.24, 2.45) is 0 Å². The van der Waals surface area contributed by atoms with E-state index in [4.69, 9.17) is 4.52 Å². The van der Waals surface area contributed by atoms with Gasteiger partial charge in [0.25, 0.3) is 0 Å². The van der Waals surface area contributed by atoms with Gasteiger partial charge in [-0.05, 0) is 37.3 Å². The van der Waals surface area contributed by atoms with Crippen molar-refractivity contribution >= 4 is 11.3 Å². The zero-order valence-electron chi connectivity index (χ0n) is 11.2. The SMILES string of the molecule is CCc1nc([C@H]2CCCN2CCc2cccs2)no1. The van der Waals surface area contributed by atoms with Crippen LogP contribution in [0, 0.1) is 0 Å². The van der Waals surface area contributed by atoms with Gasteiger partial charge in [-0.3, -0.25) is 4.90 Å². The number of nitrogens with zero attached hydrogens (tertiary/aromatic N) is 3. The molecule has 3 rings (SSSR count). The van der Waals surface area contributed by atoms with Crippen LogP contribution >= 0.6 is 11.3 Å². The van der Waals surface area contributed by atoms with Gasteiger partial charge in [0.2, 0.25) is 5.89 Å². The molecule has 0 amide bonds. The molecule has 0 saturated carbocycles. The van der Waals surface area contributed by atoms with Gasteiger partial charge in [0.1, 0.15) is 0 Å². The van der Waals surface area contributed by atoms with E-state index in [1.165, 1.54) is 11.3 Å². The van der Waals surface area contributed by atoms with Gasteiger partial charge in [0.15, 0.2) is 5.82 Å². The molecule has 1 fully saturated rings. The number of hydrogen-bond donors (Lipinski definition) is 0. The number of aromatic nitrogens is 2. The number of rotatable bonds is 5. The summed E-state index contributed by atoms with van der Waals surface area (Å²) in [7, 11) is 0. The fourth-order valence-corrected chi connectivity index (χ4v) is 3.34. The number of aryl methyl sites for hydroxylation is 1. The van der Waals surface area contributed by atoms with Crippen LogP contribution < -0.4 is 0 Å². The van der Waals surface area contributed by atoms with Gasteiger partial charge in [-0.25, -0.2) is 0 Å². The molecule has 102 valence electrons. The predicted molar refractivity (Wildman–Crippen MR) is 75.2 cm³/mol. The van der Waals surface area contributed by atoms with Gasteiger partial charge in [0.05, 0.1) is 6.04 Å². The highest BCUT2D eigenvalue weighted by molar-refractivity contribution is 7.09. The molecule has 0 spiro atoms. The molecule has 19 heavy (non-hydrogen) atoms. The van der Waals surface area contributed by atoms with Crippen molar-refractivity contribution in [3.05, 3.63) is 34.1 Å². The minimum Gasteiger partial charge on any atom is -0.339 e. The number of likely N-dealkylation sites (tertiary alicyclic amines) is 1. The Hall–Kier alpha value is -1.20. The molecule has 1 aliphatic heterocycles. The van der Waals surface area contributed by atoms with Crippen LogP contribution in [0.3, 0.4) is 0 Å². The molecular formula is C14H19N3OS. The van der Waals surface area contributed by atoms with Gasteiger partial charge in [-0.15, -0.1) is 11.3 Å². The summed E-state index contributed by atoms with van der Waals surface area (Å²) >= 11 is 1.83. The Morgan fingerprint density at radius 1 is 1.53 bits per heavy atom. The quantitative estimate of drug-likeness (QED) is 0.842. The zero-order chi connectivity index (χ0) is 13.1. The lowest BCUT2D eigenvalue weighted by Gasteiger charge is -2.21. The summed E-state index contributed by atoms with van der Waals surface area (Å²) in [6, 6.07) is 4.68. The smallest absolute Gasteiger partial charge is 0.226 e. The standard InChI is InChI=1S/C14H19N3OS/c1-2-13-15-14(16-18-13)12-6-3-8-17(12)9-7-11-5-4-10-19-11/h4-5,10,12H,2-3,6-9H2,1H3/t12-/m1/s1. The molecule has 1 atom stereocenters. The maximum Gasteiger partial charge on any atom is 0.226 e. The summed E-state index contributed by atoms with van der Waals surface area (Å²) in [6.45, 7) is 4.27. The van der Waals surface area contributed by atoms with Crippen molar-refractivity contribution in [2.75, 3.05) is 13.1 Å². The van der Waals surface area contributed by atoms with Crippen LogP contribution in [0.2, 0.25) is 0 Å². The topological polar surface area (TPSA) is 42.2 Å². The summed E-state index contributed by atoms with van der Waals surface area (Å²) in [5.74, 6) is 1.63. The molecule has 0 bridgehead atoms. The van der Waals surface area contributed by atoms with Crippen molar-refractivity contribution in [1.82, 2.24) is 15.0 Å². The van der Waals surface area contributed by atoms with E-state index in [2.05, 4.69) is 32.6 Å². The van der Waals surface area contributed by atoms with Gasteiger partial charge in [-0.1, -0.05) is 18.1 Å². The predicted octanol–water partition coefficient (Wildman–Crippen LogP) is 3.07. The molecule has 0 aliphatic carbocycles. The summed E-state index contributed by atoms with van der Waals surface area (Å²) in [5, 5.41) is 6.28. The highest BCUT2D eigenvalue weighted by Crippen LogP contribution is 2.30. The van der Waals surface area contributed by atoms with Crippen molar-refractivity contribution in [1.29, 1.82) is 0 Å². The minimum absolute atomic E-state index is 0.351. The molecule has 3 heterocycles. The Bertz CT molecular complexity index is 509. The maximum absolute atomic E-state index is 5.24. The van der Waals surface area contributed by atoms with Crippen molar-refractivity contribution in [3.8, 4) is 0 Å². The second-order valence-corrected chi connectivity index (χ2v) is 5.96. The lowest BCUT2D eigenvalue weighted by molar-refractivity contribution is 0.245. The number of hydrogen-bond acceptors (Lipinski definition) is 5. The highest BCUT2D eigenvalue weighted by atomic mass is 32.1. The second-order valence-electron chi connectivity index (χ2n) is 4.92. The van der Waals surface area contributed by atoms with E-state index < -0.39 is 0 Å². The Labute approximate surface area is 117 Å². The molecule has 0 aromatic carbocycles. The van der Waals surface area contributed by atoms with Crippen LogP contribution in [-0.2, 0) is 12.8 Å². The molecule has 1 aliphatic rings. The molecule has 2 aromatic heterocycles. The molecule has 4 nitrogen and oxygen atoms in total. The van der Waals surface area contributed by atoms with Gasteiger partial charge in [-0.2, -0.15) is 4.98 Å². The van der Waals surface area contributed by atoms with Crippen molar-refractivity contribution < 1.29 is 4.52 Å².